The van der Waals surface area contributed by atoms with E-state index in [0.717, 1.165) is 32.1 Å². The van der Waals surface area contributed by atoms with Crippen molar-refractivity contribution in [3.63, 3.8) is 0 Å². The molecule has 1 fully saturated rings. The molecule has 1 aliphatic carbocycles. The van der Waals surface area contributed by atoms with E-state index in [1.165, 1.54) is 0 Å². The highest BCUT2D eigenvalue weighted by molar-refractivity contribution is 5.77. The molecule has 0 aromatic heterocycles. The molecule has 1 rings (SSSR count). The molecule has 0 aromatic rings. The van der Waals surface area contributed by atoms with E-state index < -0.39 is 11.6 Å². The molecule has 1 atom stereocenters. The van der Waals surface area contributed by atoms with Crippen molar-refractivity contribution in [1.82, 2.24) is 0 Å². The SMILES string of the molecule is CCCCCOC(C)(C(=O)O)C1CC1. The maximum atomic E-state index is 11.0. The summed E-state index contributed by atoms with van der Waals surface area (Å²) in [6.45, 7) is 4.41. The fraction of sp³-hybridized carbons (Fsp3) is 0.909. The normalized spacial score (nSPS) is 20.4. The van der Waals surface area contributed by atoms with Crippen molar-refractivity contribution < 1.29 is 14.6 Å². The van der Waals surface area contributed by atoms with Crippen molar-refractivity contribution in [3.8, 4) is 0 Å². The fourth-order valence-electron chi connectivity index (χ4n) is 1.62. The van der Waals surface area contributed by atoms with Gasteiger partial charge in [-0.2, -0.15) is 0 Å². The van der Waals surface area contributed by atoms with Gasteiger partial charge >= 0.3 is 5.97 Å². The highest BCUT2D eigenvalue weighted by Crippen LogP contribution is 2.42. The Kier molecular flexibility index (Phi) is 3.93. The largest absolute Gasteiger partial charge is 0.479 e. The van der Waals surface area contributed by atoms with E-state index in [0.29, 0.717) is 6.61 Å². The molecule has 0 bridgehead atoms. The Morgan fingerprint density at radius 2 is 2.14 bits per heavy atom. The van der Waals surface area contributed by atoms with Crippen LogP contribution in [0.2, 0.25) is 0 Å². The second-order valence-electron chi connectivity index (χ2n) is 4.24. The van der Waals surface area contributed by atoms with E-state index in [9.17, 15) is 4.79 Å². The molecular formula is C11H20O3. The topological polar surface area (TPSA) is 46.5 Å². The number of hydrogen-bond donors (Lipinski definition) is 1. The van der Waals surface area contributed by atoms with Crippen LogP contribution in [0, 0.1) is 5.92 Å². The Hall–Kier alpha value is -0.570. The summed E-state index contributed by atoms with van der Waals surface area (Å²) in [5.74, 6) is -0.571. The van der Waals surface area contributed by atoms with E-state index in [1.807, 2.05) is 0 Å². The van der Waals surface area contributed by atoms with Crippen molar-refractivity contribution in [3.05, 3.63) is 0 Å². The highest BCUT2D eigenvalue weighted by Gasteiger charge is 2.48. The summed E-state index contributed by atoms with van der Waals surface area (Å²) in [5, 5.41) is 9.07. The van der Waals surface area contributed by atoms with Gasteiger partial charge in [-0.1, -0.05) is 19.8 Å². The molecule has 1 aliphatic rings. The molecule has 1 N–H and O–H groups in total. The lowest BCUT2D eigenvalue weighted by atomic mass is 10.0. The number of hydrogen-bond acceptors (Lipinski definition) is 2. The molecular weight excluding hydrogens is 180 g/mol. The molecule has 0 heterocycles. The van der Waals surface area contributed by atoms with Gasteiger partial charge in [0.05, 0.1) is 0 Å². The van der Waals surface area contributed by atoms with Crippen LogP contribution >= 0.6 is 0 Å². The van der Waals surface area contributed by atoms with Gasteiger partial charge in [0, 0.05) is 6.61 Å². The van der Waals surface area contributed by atoms with Crippen LogP contribution in [-0.4, -0.2) is 23.3 Å². The molecule has 3 heteroatoms. The third kappa shape index (κ3) is 2.71. The summed E-state index contributed by atoms with van der Waals surface area (Å²) >= 11 is 0. The Balaban J connectivity index is 2.32. The molecule has 0 amide bonds. The van der Waals surface area contributed by atoms with Crippen LogP contribution in [0.25, 0.3) is 0 Å². The number of carboxylic acids is 1. The van der Waals surface area contributed by atoms with Gasteiger partial charge in [0.15, 0.2) is 5.60 Å². The first-order chi connectivity index (χ1) is 6.61. The molecule has 0 spiro atoms. The smallest absolute Gasteiger partial charge is 0.335 e. The number of rotatable bonds is 7. The predicted octanol–water partition coefficient (Wildman–Crippen LogP) is 2.45. The zero-order chi connectivity index (χ0) is 10.6. The van der Waals surface area contributed by atoms with Crippen molar-refractivity contribution in [1.29, 1.82) is 0 Å². The third-order valence-electron chi connectivity index (χ3n) is 2.93. The van der Waals surface area contributed by atoms with Gasteiger partial charge in [0.1, 0.15) is 0 Å². The lowest BCUT2D eigenvalue weighted by Gasteiger charge is -2.25. The Morgan fingerprint density at radius 3 is 2.57 bits per heavy atom. The average Bonchev–Trinajstić information content (AvgIpc) is 2.95. The van der Waals surface area contributed by atoms with Gasteiger partial charge in [0.2, 0.25) is 0 Å². The van der Waals surface area contributed by atoms with Crippen LogP contribution in [0.5, 0.6) is 0 Å². The first kappa shape index (κ1) is 11.5. The summed E-state index contributed by atoms with van der Waals surface area (Å²) in [6, 6.07) is 0. The molecule has 0 radical (unpaired) electrons. The molecule has 0 saturated heterocycles. The van der Waals surface area contributed by atoms with Crippen molar-refractivity contribution in [2.45, 2.75) is 51.6 Å². The average molecular weight is 200 g/mol. The first-order valence-corrected chi connectivity index (χ1v) is 5.48. The van der Waals surface area contributed by atoms with Gasteiger partial charge in [-0.15, -0.1) is 0 Å². The predicted molar refractivity (Wildman–Crippen MR) is 54.2 cm³/mol. The van der Waals surface area contributed by atoms with Gasteiger partial charge in [-0.25, -0.2) is 4.79 Å². The van der Waals surface area contributed by atoms with Crippen molar-refractivity contribution >= 4 is 5.97 Å². The maximum Gasteiger partial charge on any atom is 0.335 e. The Morgan fingerprint density at radius 1 is 1.50 bits per heavy atom. The van der Waals surface area contributed by atoms with Crippen LogP contribution in [-0.2, 0) is 9.53 Å². The zero-order valence-electron chi connectivity index (χ0n) is 9.08. The van der Waals surface area contributed by atoms with E-state index in [-0.39, 0.29) is 5.92 Å². The third-order valence-corrected chi connectivity index (χ3v) is 2.93. The standard InChI is InChI=1S/C11H20O3/c1-3-4-5-8-14-11(2,10(12)13)9-6-7-9/h9H,3-8H2,1-2H3,(H,12,13). The van der Waals surface area contributed by atoms with Crippen LogP contribution in [0.1, 0.15) is 46.0 Å². The number of ether oxygens (including phenoxy) is 1. The summed E-state index contributed by atoms with van der Waals surface area (Å²) < 4.78 is 5.52. The van der Waals surface area contributed by atoms with Gasteiger partial charge < -0.3 is 9.84 Å². The monoisotopic (exact) mass is 200 g/mol. The molecule has 1 unspecified atom stereocenters. The lowest BCUT2D eigenvalue weighted by molar-refractivity contribution is -0.166. The van der Waals surface area contributed by atoms with Crippen LogP contribution in [0.15, 0.2) is 0 Å². The number of unbranched alkanes of at least 4 members (excludes halogenated alkanes) is 2. The highest BCUT2D eigenvalue weighted by atomic mass is 16.5. The zero-order valence-corrected chi connectivity index (χ0v) is 9.08. The van der Waals surface area contributed by atoms with E-state index >= 15 is 0 Å². The molecule has 3 nitrogen and oxygen atoms in total. The van der Waals surface area contributed by atoms with Gasteiger partial charge in [-0.05, 0) is 32.1 Å². The fourth-order valence-corrected chi connectivity index (χ4v) is 1.62. The summed E-state index contributed by atoms with van der Waals surface area (Å²) in [4.78, 5) is 11.0. The Labute approximate surface area is 85.5 Å². The first-order valence-electron chi connectivity index (χ1n) is 5.48. The van der Waals surface area contributed by atoms with Crippen molar-refractivity contribution in [2.75, 3.05) is 6.61 Å². The summed E-state index contributed by atoms with van der Waals surface area (Å²) in [7, 11) is 0. The quantitative estimate of drug-likeness (QED) is 0.642. The lowest BCUT2D eigenvalue weighted by Crippen LogP contribution is -2.41. The van der Waals surface area contributed by atoms with E-state index in [4.69, 9.17) is 9.84 Å². The molecule has 14 heavy (non-hydrogen) atoms. The van der Waals surface area contributed by atoms with Crippen LogP contribution in [0.4, 0.5) is 0 Å². The molecule has 0 aliphatic heterocycles. The minimum atomic E-state index is -0.923. The van der Waals surface area contributed by atoms with Gasteiger partial charge in [0.25, 0.3) is 0 Å². The van der Waals surface area contributed by atoms with Gasteiger partial charge in [-0.3, -0.25) is 0 Å². The van der Waals surface area contributed by atoms with E-state index in [1.54, 1.807) is 6.92 Å². The number of carbonyl (C=O) groups is 1. The minimum Gasteiger partial charge on any atom is -0.479 e. The van der Waals surface area contributed by atoms with Crippen LogP contribution < -0.4 is 0 Å². The number of aliphatic carboxylic acids is 1. The minimum absolute atomic E-state index is 0.238. The second kappa shape index (κ2) is 4.78. The second-order valence-corrected chi connectivity index (χ2v) is 4.24. The Bertz CT molecular complexity index is 199. The van der Waals surface area contributed by atoms with E-state index in [2.05, 4.69) is 6.92 Å². The summed E-state index contributed by atoms with van der Waals surface area (Å²) in [6.07, 6.45) is 5.20. The van der Waals surface area contributed by atoms with Crippen LogP contribution in [0.3, 0.4) is 0 Å². The van der Waals surface area contributed by atoms with Crippen molar-refractivity contribution in [2.24, 2.45) is 5.92 Å². The summed E-state index contributed by atoms with van der Waals surface area (Å²) in [5.41, 5.74) is -0.923. The maximum absolute atomic E-state index is 11.0. The molecule has 82 valence electrons. The molecule has 0 aromatic carbocycles. The molecule has 1 saturated carbocycles. The number of carboxylic acid groups (broad SMARTS) is 1.